The molecular weight excluding hydrogens is 306 g/mol. The van der Waals surface area contributed by atoms with Gasteiger partial charge in [0.2, 0.25) is 5.91 Å². The molecule has 24 heavy (non-hydrogen) atoms. The van der Waals surface area contributed by atoms with Crippen molar-refractivity contribution in [2.45, 2.75) is 19.9 Å². The van der Waals surface area contributed by atoms with Crippen molar-refractivity contribution in [3.05, 3.63) is 54.1 Å². The van der Waals surface area contributed by atoms with E-state index in [0.717, 1.165) is 5.56 Å². The number of nitrogens with one attached hydrogen (secondary N) is 3. The molecule has 3 N–H and O–H groups in total. The molecule has 2 aromatic carbocycles. The number of ether oxygens (including phenoxy) is 1. The minimum Gasteiger partial charge on any atom is -0.495 e. The van der Waals surface area contributed by atoms with E-state index in [2.05, 4.69) is 16.0 Å². The zero-order valence-corrected chi connectivity index (χ0v) is 13.9. The lowest BCUT2D eigenvalue weighted by Gasteiger charge is -2.16. The number of carbonyl (C=O) groups excluding carboxylic acids is 2. The molecule has 0 aliphatic heterocycles. The number of hydrogen-bond acceptors (Lipinski definition) is 3. The maximum atomic E-state index is 12.2. The first kappa shape index (κ1) is 17.3. The fraction of sp³-hybridized carbons (Fsp3) is 0.222. The zero-order valence-electron chi connectivity index (χ0n) is 13.9. The summed E-state index contributed by atoms with van der Waals surface area (Å²) >= 11 is 0. The summed E-state index contributed by atoms with van der Waals surface area (Å²) in [6.07, 6.45) is 0. The average Bonchev–Trinajstić information content (AvgIpc) is 2.57. The van der Waals surface area contributed by atoms with Gasteiger partial charge in [0.15, 0.2) is 0 Å². The molecular formula is C18H21N3O3. The van der Waals surface area contributed by atoms with Crippen molar-refractivity contribution in [1.29, 1.82) is 0 Å². The second kappa shape index (κ2) is 8.01. The van der Waals surface area contributed by atoms with E-state index >= 15 is 0 Å². The van der Waals surface area contributed by atoms with E-state index in [9.17, 15) is 9.59 Å². The summed E-state index contributed by atoms with van der Waals surface area (Å²) in [5.74, 6) is 0.240. The lowest BCUT2D eigenvalue weighted by Crippen LogP contribution is -2.43. The van der Waals surface area contributed by atoms with Crippen LogP contribution in [-0.2, 0) is 4.79 Å². The van der Waals surface area contributed by atoms with Crippen LogP contribution in [0.5, 0.6) is 5.75 Å². The third kappa shape index (κ3) is 4.74. The number of benzene rings is 2. The first-order valence-electron chi connectivity index (χ1n) is 7.57. The monoisotopic (exact) mass is 327 g/mol. The summed E-state index contributed by atoms with van der Waals surface area (Å²) in [5.41, 5.74) is 2.24. The second-order valence-electron chi connectivity index (χ2n) is 5.38. The van der Waals surface area contributed by atoms with Crippen molar-refractivity contribution >= 4 is 23.3 Å². The predicted molar refractivity (Wildman–Crippen MR) is 94.4 cm³/mol. The Hall–Kier alpha value is -3.02. The molecule has 2 aromatic rings. The lowest BCUT2D eigenvalue weighted by molar-refractivity contribution is -0.117. The third-order valence-electron chi connectivity index (χ3n) is 3.39. The summed E-state index contributed by atoms with van der Waals surface area (Å²) in [5, 5.41) is 8.01. The largest absolute Gasteiger partial charge is 0.495 e. The summed E-state index contributed by atoms with van der Waals surface area (Å²) in [4.78, 5) is 24.2. The van der Waals surface area contributed by atoms with Gasteiger partial charge in [-0.1, -0.05) is 24.3 Å². The number of rotatable bonds is 5. The number of carbonyl (C=O) groups is 2. The van der Waals surface area contributed by atoms with Crippen LogP contribution in [0.2, 0.25) is 0 Å². The minimum absolute atomic E-state index is 0.333. The molecule has 0 aliphatic carbocycles. The molecule has 0 aromatic heterocycles. The SMILES string of the molecule is COc1cc(C)ccc1NC(=O)C(C)NC(=O)Nc1ccccc1. The average molecular weight is 327 g/mol. The molecule has 126 valence electrons. The van der Waals surface area contributed by atoms with Crippen molar-refractivity contribution < 1.29 is 14.3 Å². The number of aryl methyl sites for hydroxylation is 1. The fourth-order valence-electron chi connectivity index (χ4n) is 2.09. The van der Waals surface area contributed by atoms with Crippen LogP contribution in [-0.4, -0.2) is 25.1 Å². The van der Waals surface area contributed by atoms with Crippen LogP contribution in [0.15, 0.2) is 48.5 Å². The maximum absolute atomic E-state index is 12.2. The number of amides is 3. The van der Waals surface area contributed by atoms with Gasteiger partial charge in [-0.3, -0.25) is 4.79 Å². The van der Waals surface area contributed by atoms with Gasteiger partial charge in [-0.25, -0.2) is 4.79 Å². The van der Waals surface area contributed by atoms with Crippen LogP contribution < -0.4 is 20.7 Å². The fourth-order valence-corrected chi connectivity index (χ4v) is 2.09. The van der Waals surface area contributed by atoms with Crippen molar-refractivity contribution in [3.8, 4) is 5.75 Å². The van der Waals surface area contributed by atoms with Gasteiger partial charge in [0, 0.05) is 5.69 Å². The Kier molecular flexibility index (Phi) is 5.78. The quantitative estimate of drug-likeness (QED) is 0.789. The highest BCUT2D eigenvalue weighted by molar-refractivity contribution is 5.99. The van der Waals surface area contributed by atoms with Gasteiger partial charge in [-0.2, -0.15) is 0 Å². The molecule has 0 saturated carbocycles. The molecule has 0 fully saturated rings. The smallest absolute Gasteiger partial charge is 0.319 e. The van der Waals surface area contributed by atoms with E-state index in [-0.39, 0.29) is 5.91 Å². The van der Waals surface area contributed by atoms with E-state index in [1.54, 1.807) is 32.2 Å². The van der Waals surface area contributed by atoms with Gasteiger partial charge in [0.25, 0.3) is 0 Å². The highest BCUT2D eigenvalue weighted by atomic mass is 16.5. The third-order valence-corrected chi connectivity index (χ3v) is 3.39. The molecule has 0 aliphatic rings. The van der Waals surface area contributed by atoms with Gasteiger partial charge in [-0.15, -0.1) is 0 Å². The van der Waals surface area contributed by atoms with Gasteiger partial charge in [0.1, 0.15) is 11.8 Å². The number of urea groups is 1. The first-order valence-corrected chi connectivity index (χ1v) is 7.57. The Balaban J connectivity index is 1.93. The van der Waals surface area contributed by atoms with E-state index in [0.29, 0.717) is 17.1 Å². The normalized spacial score (nSPS) is 11.3. The van der Waals surface area contributed by atoms with Gasteiger partial charge in [-0.05, 0) is 43.7 Å². The highest BCUT2D eigenvalue weighted by Crippen LogP contribution is 2.25. The Morgan fingerprint density at radius 1 is 1.04 bits per heavy atom. The molecule has 0 radical (unpaired) electrons. The van der Waals surface area contributed by atoms with Crippen LogP contribution in [0.25, 0.3) is 0 Å². The van der Waals surface area contributed by atoms with Crippen molar-refractivity contribution in [1.82, 2.24) is 5.32 Å². The molecule has 1 unspecified atom stereocenters. The topological polar surface area (TPSA) is 79.5 Å². The second-order valence-corrected chi connectivity index (χ2v) is 5.38. The van der Waals surface area contributed by atoms with Crippen LogP contribution in [0, 0.1) is 6.92 Å². The minimum atomic E-state index is -0.709. The Morgan fingerprint density at radius 2 is 1.75 bits per heavy atom. The van der Waals surface area contributed by atoms with Crippen LogP contribution in [0.4, 0.5) is 16.2 Å². The zero-order chi connectivity index (χ0) is 17.5. The first-order chi connectivity index (χ1) is 11.5. The molecule has 6 heteroatoms. The molecule has 3 amide bonds. The van der Waals surface area contributed by atoms with Crippen molar-refractivity contribution in [3.63, 3.8) is 0 Å². The molecule has 0 spiro atoms. The van der Waals surface area contributed by atoms with E-state index in [1.807, 2.05) is 37.3 Å². The van der Waals surface area contributed by atoms with Crippen LogP contribution >= 0.6 is 0 Å². The number of methoxy groups -OCH3 is 1. The summed E-state index contributed by atoms with van der Waals surface area (Å²) in [7, 11) is 1.54. The van der Waals surface area contributed by atoms with Gasteiger partial charge in [0.05, 0.1) is 12.8 Å². The number of hydrogen-bond donors (Lipinski definition) is 3. The molecule has 0 saturated heterocycles. The summed E-state index contributed by atoms with van der Waals surface area (Å²) < 4.78 is 5.25. The van der Waals surface area contributed by atoms with E-state index in [4.69, 9.17) is 4.74 Å². The maximum Gasteiger partial charge on any atom is 0.319 e. The Bertz CT molecular complexity index is 717. The molecule has 0 heterocycles. The van der Waals surface area contributed by atoms with Crippen molar-refractivity contribution in [2.24, 2.45) is 0 Å². The van der Waals surface area contributed by atoms with Gasteiger partial charge < -0.3 is 20.7 Å². The number of anilines is 2. The predicted octanol–water partition coefficient (Wildman–Crippen LogP) is 3.15. The van der Waals surface area contributed by atoms with Crippen LogP contribution in [0.3, 0.4) is 0 Å². The summed E-state index contributed by atoms with van der Waals surface area (Å²) in [6, 6.07) is 13.3. The summed E-state index contributed by atoms with van der Waals surface area (Å²) in [6.45, 7) is 3.55. The van der Waals surface area contributed by atoms with Crippen LogP contribution in [0.1, 0.15) is 12.5 Å². The van der Waals surface area contributed by atoms with E-state index in [1.165, 1.54) is 0 Å². The molecule has 2 rings (SSSR count). The van der Waals surface area contributed by atoms with Crippen molar-refractivity contribution in [2.75, 3.05) is 17.7 Å². The van der Waals surface area contributed by atoms with E-state index < -0.39 is 12.1 Å². The Morgan fingerprint density at radius 3 is 2.42 bits per heavy atom. The highest BCUT2D eigenvalue weighted by Gasteiger charge is 2.17. The Labute approximate surface area is 141 Å². The molecule has 1 atom stereocenters. The molecule has 6 nitrogen and oxygen atoms in total. The van der Waals surface area contributed by atoms with Gasteiger partial charge >= 0.3 is 6.03 Å². The molecule has 0 bridgehead atoms. The lowest BCUT2D eigenvalue weighted by atomic mass is 10.2. The standard InChI is InChI=1S/C18H21N3O3/c1-12-9-10-15(16(11-12)24-3)21-17(22)13(2)19-18(23)20-14-7-5-4-6-8-14/h4-11,13H,1-3H3,(H,21,22)(H2,19,20,23). The number of para-hydroxylation sites is 1.